The number of aromatic nitrogens is 3. The molecule has 0 radical (unpaired) electrons. The first-order valence-electron chi connectivity index (χ1n) is 6.26. The van der Waals surface area contributed by atoms with Gasteiger partial charge in [0.1, 0.15) is 0 Å². The van der Waals surface area contributed by atoms with Gasteiger partial charge >= 0.3 is 0 Å². The molecule has 0 saturated carbocycles. The topological polar surface area (TPSA) is 42.7 Å². The first-order valence-corrected chi connectivity index (χ1v) is 6.26. The Kier molecular flexibility index (Phi) is 5.46. The van der Waals surface area contributed by atoms with Crippen LogP contribution in [0.25, 0.3) is 0 Å². The highest BCUT2D eigenvalue weighted by Gasteiger charge is 2.22. The standard InChI is InChI=1S/C12H24N4/c1-5-7-8-10(6-2)12(13-3)11-9-14-15-16(11)4/h9-10,12-13H,5-8H2,1-4H3. The molecule has 0 aliphatic rings. The van der Waals surface area contributed by atoms with Gasteiger partial charge in [0.25, 0.3) is 0 Å². The summed E-state index contributed by atoms with van der Waals surface area (Å²) in [6, 6.07) is 0.372. The van der Waals surface area contributed by atoms with Crippen LogP contribution in [0.5, 0.6) is 0 Å². The van der Waals surface area contributed by atoms with E-state index >= 15 is 0 Å². The van der Waals surface area contributed by atoms with Gasteiger partial charge in [-0.05, 0) is 19.4 Å². The van der Waals surface area contributed by atoms with Crippen molar-refractivity contribution in [2.45, 2.75) is 45.6 Å². The Morgan fingerprint density at radius 1 is 1.44 bits per heavy atom. The van der Waals surface area contributed by atoms with Crippen molar-refractivity contribution >= 4 is 0 Å². The molecular weight excluding hydrogens is 200 g/mol. The molecule has 4 nitrogen and oxygen atoms in total. The van der Waals surface area contributed by atoms with E-state index < -0.39 is 0 Å². The molecule has 0 spiro atoms. The summed E-state index contributed by atoms with van der Waals surface area (Å²) in [5, 5.41) is 11.4. The van der Waals surface area contributed by atoms with Crippen molar-refractivity contribution in [1.29, 1.82) is 0 Å². The summed E-state index contributed by atoms with van der Waals surface area (Å²) < 4.78 is 1.87. The zero-order chi connectivity index (χ0) is 12.0. The molecule has 92 valence electrons. The fourth-order valence-electron chi connectivity index (χ4n) is 2.28. The normalized spacial score (nSPS) is 15.0. The minimum atomic E-state index is 0.372. The van der Waals surface area contributed by atoms with Gasteiger partial charge in [0.05, 0.1) is 17.9 Å². The Bertz CT molecular complexity index is 295. The third-order valence-electron chi connectivity index (χ3n) is 3.30. The molecule has 0 aliphatic carbocycles. The van der Waals surface area contributed by atoms with Gasteiger partial charge in [-0.15, -0.1) is 5.10 Å². The molecule has 0 saturated heterocycles. The van der Waals surface area contributed by atoms with Crippen molar-refractivity contribution in [2.24, 2.45) is 13.0 Å². The molecule has 16 heavy (non-hydrogen) atoms. The maximum absolute atomic E-state index is 4.01. The van der Waals surface area contributed by atoms with Crippen LogP contribution in [0.4, 0.5) is 0 Å². The van der Waals surface area contributed by atoms with Gasteiger partial charge in [0.2, 0.25) is 0 Å². The summed E-state index contributed by atoms with van der Waals surface area (Å²) in [6.45, 7) is 4.50. The lowest BCUT2D eigenvalue weighted by molar-refractivity contribution is 0.325. The smallest absolute Gasteiger partial charge is 0.0755 e. The highest BCUT2D eigenvalue weighted by atomic mass is 15.4. The van der Waals surface area contributed by atoms with Crippen molar-refractivity contribution in [3.05, 3.63) is 11.9 Å². The molecular formula is C12H24N4. The van der Waals surface area contributed by atoms with Crippen molar-refractivity contribution in [3.8, 4) is 0 Å². The monoisotopic (exact) mass is 224 g/mol. The van der Waals surface area contributed by atoms with Gasteiger partial charge in [-0.2, -0.15) is 0 Å². The molecule has 0 bridgehead atoms. The van der Waals surface area contributed by atoms with E-state index in [1.54, 1.807) is 0 Å². The van der Waals surface area contributed by atoms with E-state index in [-0.39, 0.29) is 0 Å². The number of nitrogens with zero attached hydrogens (tertiary/aromatic N) is 3. The molecule has 2 unspecified atom stereocenters. The van der Waals surface area contributed by atoms with Gasteiger partial charge in [0, 0.05) is 7.05 Å². The van der Waals surface area contributed by atoms with Crippen LogP contribution in [0.1, 0.15) is 51.3 Å². The van der Waals surface area contributed by atoms with Crippen LogP contribution in [0.15, 0.2) is 6.20 Å². The number of aryl methyl sites for hydroxylation is 1. The second-order valence-electron chi connectivity index (χ2n) is 4.36. The predicted octanol–water partition coefficient (Wildman–Crippen LogP) is 2.29. The summed E-state index contributed by atoms with van der Waals surface area (Å²) in [5.74, 6) is 0.669. The Labute approximate surface area is 98.4 Å². The fraction of sp³-hybridized carbons (Fsp3) is 0.833. The number of hydrogen-bond acceptors (Lipinski definition) is 3. The minimum Gasteiger partial charge on any atom is -0.311 e. The molecule has 0 aliphatic heterocycles. The van der Waals surface area contributed by atoms with E-state index in [1.807, 2.05) is 25.0 Å². The molecule has 0 fully saturated rings. The first kappa shape index (κ1) is 13.2. The van der Waals surface area contributed by atoms with E-state index in [1.165, 1.54) is 31.4 Å². The lowest BCUT2D eigenvalue weighted by Crippen LogP contribution is -2.27. The summed E-state index contributed by atoms with van der Waals surface area (Å²) in [7, 11) is 3.98. The molecule has 1 aromatic heterocycles. The van der Waals surface area contributed by atoms with Gasteiger partial charge < -0.3 is 5.32 Å². The lowest BCUT2D eigenvalue weighted by Gasteiger charge is -2.25. The third-order valence-corrected chi connectivity index (χ3v) is 3.30. The number of nitrogens with one attached hydrogen (secondary N) is 1. The van der Waals surface area contributed by atoms with E-state index in [0.717, 1.165) is 0 Å². The van der Waals surface area contributed by atoms with Crippen LogP contribution >= 0.6 is 0 Å². The van der Waals surface area contributed by atoms with E-state index in [4.69, 9.17) is 0 Å². The second-order valence-corrected chi connectivity index (χ2v) is 4.36. The zero-order valence-electron chi connectivity index (χ0n) is 10.9. The van der Waals surface area contributed by atoms with E-state index in [2.05, 4.69) is 29.5 Å². The lowest BCUT2D eigenvalue weighted by atomic mass is 9.89. The molecule has 1 heterocycles. The molecule has 1 aromatic rings. The van der Waals surface area contributed by atoms with Gasteiger partial charge in [-0.25, -0.2) is 0 Å². The van der Waals surface area contributed by atoms with Crippen LogP contribution in [0.2, 0.25) is 0 Å². The second kappa shape index (κ2) is 6.63. The van der Waals surface area contributed by atoms with Crippen molar-refractivity contribution in [1.82, 2.24) is 20.3 Å². The number of rotatable bonds is 7. The molecule has 2 atom stereocenters. The van der Waals surface area contributed by atoms with Crippen LogP contribution in [-0.2, 0) is 7.05 Å². The Morgan fingerprint density at radius 3 is 2.62 bits per heavy atom. The minimum absolute atomic E-state index is 0.372. The largest absolute Gasteiger partial charge is 0.311 e. The van der Waals surface area contributed by atoms with Crippen LogP contribution in [0, 0.1) is 5.92 Å². The van der Waals surface area contributed by atoms with Gasteiger partial charge in [-0.1, -0.05) is 38.3 Å². The maximum Gasteiger partial charge on any atom is 0.0755 e. The summed E-state index contributed by atoms with van der Waals surface area (Å²) in [6.07, 6.45) is 6.88. The maximum atomic E-state index is 4.01. The highest BCUT2D eigenvalue weighted by molar-refractivity contribution is 5.03. The Morgan fingerprint density at radius 2 is 2.19 bits per heavy atom. The summed E-state index contributed by atoms with van der Waals surface area (Å²) in [5.41, 5.74) is 1.19. The third kappa shape index (κ3) is 3.04. The van der Waals surface area contributed by atoms with Gasteiger partial charge in [-0.3, -0.25) is 4.68 Å². The SMILES string of the molecule is CCCCC(CC)C(NC)c1cnnn1C. The quantitative estimate of drug-likeness (QED) is 0.772. The van der Waals surface area contributed by atoms with Crippen molar-refractivity contribution in [3.63, 3.8) is 0 Å². The predicted molar refractivity (Wildman–Crippen MR) is 66.1 cm³/mol. The molecule has 1 rings (SSSR count). The summed E-state index contributed by atoms with van der Waals surface area (Å²) in [4.78, 5) is 0. The van der Waals surface area contributed by atoms with E-state index in [9.17, 15) is 0 Å². The highest BCUT2D eigenvalue weighted by Crippen LogP contribution is 2.27. The average Bonchev–Trinajstić information content (AvgIpc) is 2.71. The number of hydrogen-bond donors (Lipinski definition) is 1. The van der Waals surface area contributed by atoms with E-state index in [0.29, 0.717) is 12.0 Å². The van der Waals surface area contributed by atoms with Gasteiger partial charge in [0.15, 0.2) is 0 Å². The van der Waals surface area contributed by atoms with Crippen LogP contribution in [-0.4, -0.2) is 22.0 Å². The van der Waals surface area contributed by atoms with Crippen LogP contribution < -0.4 is 5.32 Å². The number of unbranched alkanes of at least 4 members (excludes halogenated alkanes) is 1. The average molecular weight is 224 g/mol. The molecule has 4 heteroatoms. The van der Waals surface area contributed by atoms with Crippen molar-refractivity contribution in [2.75, 3.05) is 7.05 Å². The molecule has 1 N–H and O–H groups in total. The molecule has 0 aromatic carbocycles. The Hall–Kier alpha value is -0.900. The molecule has 0 amide bonds. The fourth-order valence-corrected chi connectivity index (χ4v) is 2.28. The Balaban J connectivity index is 2.75. The first-order chi connectivity index (χ1) is 7.74. The summed E-state index contributed by atoms with van der Waals surface area (Å²) >= 11 is 0. The van der Waals surface area contributed by atoms with Crippen molar-refractivity contribution < 1.29 is 0 Å². The van der Waals surface area contributed by atoms with Crippen LogP contribution in [0.3, 0.4) is 0 Å². The zero-order valence-corrected chi connectivity index (χ0v) is 10.9.